The van der Waals surface area contributed by atoms with Crippen LogP contribution in [-0.4, -0.2) is 32.7 Å². The van der Waals surface area contributed by atoms with Crippen molar-refractivity contribution in [1.82, 2.24) is 10.6 Å². The van der Waals surface area contributed by atoms with Gasteiger partial charge in [-0.05, 0) is 31.5 Å². The molecular formula is C12H17N3O4S. The number of carbonyl (C=O) groups excluding carboxylic acids is 2. The summed E-state index contributed by atoms with van der Waals surface area (Å²) in [7, 11) is -2.64. The average Bonchev–Trinajstić information content (AvgIpc) is 2.36. The lowest BCUT2D eigenvalue weighted by atomic mass is 10.2. The number of nitrogens with two attached hydrogens (primary N) is 1. The van der Waals surface area contributed by atoms with Gasteiger partial charge in [-0.3, -0.25) is 10.1 Å². The van der Waals surface area contributed by atoms with E-state index in [0.29, 0.717) is 0 Å². The van der Waals surface area contributed by atoms with E-state index >= 15 is 0 Å². The van der Waals surface area contributed by atoms with Gasteiger partial charge in [-0.2, -0.15) is 0 Å². The number of imide groups is 1. The third-order valence-corrected chi connectivity index (χ3v) is 4.90. The SMILES string of the molecule is CNC(=O)NC(=O)C(C)S(=O)(=O)c1ccc(C)cc1N. The number of nitrogen functional groups attached to an aromatic ring is 1. The zero-order chi connectivity index (χ0) is 15.5. The Morgan fingerprint density at radius 3 is 2.40 bits per heavy atom. The number of urea groups is 1. The van der Waals surface area contributed by atoms with Crippen molar-refractivity contribution in [1.29, 1.82) is 0 Å². The van der Waals surface area contributed by atoms with Crippen molar-refractivity contribution in [3.8, 4) is 0 Å². The molecular weight excluding hydrogens is 282 g/mol. The van der Waals surface area contributed by atoms with Crippen LogP contribution in [0.3, 0.4) is 0 Å². The summed E-state index contributed by atoms with van der Waals surface area (Å²) in [6.07, 6.45) is 0. The van der Waals surface area contributed by atoms with E-state index in [1.165, 1.54) is 26.1 Å². The number of nitrogens with one attached hydrogen (secondary N) is 2. The van der Waals surface area contributed by atoms with Crippen LogP contribution in [0.15, 0.2) is 23.1 Å². The molecule has 1 unspecified atom stereocenters. The fraction of sp³-hybridized carbons (Fsp3) is 0.333. The molecule has 0 spiro atoms. The summed E-state index contributed by atoms with van der Waals surface area (Å²) < 4.78 is 24.6. The minimum atomic E-state index is -3.96. The van der Waals surface area contributed by atoms with Crippen LogP contribution in [0.5, 0.6) is 0 Å². The molecule has 1 aromatic carbocycles. The van der Waals surface area contributed by atoms with Crippen LogP contribution in [0, 0.1) is 6.92 Å². The van der Waals surface area contributed by atoms with E-state index in [0.717, 1.165) is 5.56 Å². The molecule has 4 N–H and O–H groups in total. The lowest BCUT2D eigenvalue weighted by molar-refractivity contribution is -0.119. The Morgan fingerprint density at radius 1 is 1.30 bits per heavy atom. The molecule has 0 aliphatic carbocycles. The third kappa shape index (κ3) is 3.27. The number of benzene rings is 1. The Kier molecular flexibility index (Phi) is 4.72. The van der Waals surface area contributed by atoms with Crippen molar-refractivity contribution in [2.24, 2.45) is 0 Å². The summed E-state index contributed by atoms with van der Waals surface area (Å²) in [5.74, 6) is -0.913. The molecule has 0 aliphatic heterocycles. The number of carbonyl (C=O) groups is 2. The summed E-state index contributed by atoms with van der Waals surface area (Å²) in [5.41, 5.74) is 6.57. The molecule has 0 radical (unpaired) electrons. The van der Waals surface area contributed by atoms with E-state index in [1.54, 1.807) is 13.0 Å². The highest BCUT2D eigenvalue weighted by Crippen LogP contribution is 2.23. The molecule has 0 fully saturated rings. The number of hydrogen-bond donors (Lipinski definition) is 3. The second-order valence-corrected chi connectivity index (χ2v) is 6.53. The topological polar surface area (TPSA) is 118 Å². The highest BCUT2D eigenvalue weighted by atomic mass is 32.2. The van der Waals surface area contributed by atoms with Crippen molar-refractivity contribution in [2.75, 3.05) is 12.8 Å². The standard InChI is InChI=1S/C12H17N3O4S/c1-7-4-5-10(9(13)6-7)20(18,19)8(2)11(16)15-12(17)14-3/h4-6,8H,13H2,1-3H3,(H2,14,15,16,17). The van der Waals surface area contributed by atoms with Crippen LogP contribution >= 0.6 is 0 Å². The maximum Gasteiger partial charge on any atom is 0.321 e. The van der Waals surface area contributed by atoms with Crippen molar-refractivity contribution in [3.63, 3.8) is 0 Å². The largest absolute Gasteiger partial charge is 0.398 e. The Hall–Kier alpha value is -2.09. The molecule has 0 saturated carbocycles. The summed E-state index contributed by atoms with van der Waals surface area (Å²) in [4.78, 5) is 22.6. The fourth-order valence-corrected chi connectivity index (χ4v) is 2.90. The summed E-state index contributed by atoms with van der Waals surface area (Å²) in [6, 6.07) is 3.68. The minimum absolute atomic E-state index is 0.0737. The summed E-state index contributed by atoms with van der Waals surface area (Å²) in [6.45, 7) is 2.97. The zero-order valence-corrected chi connectivity index (χ0v) is 12.2. The van der Waals surface area contributed by atoms with Crippen molar-refractivity contribution in [2.45, 2.75) is 24.0 Å². The van der Waals surface area contributed by atoms with E-state index in [9.17, 15) is 18.0 Å². The van der Waals surface area contributed by atoms with Gasteiger partial charge >= 0.3 is 6.03 Å². The smallest absolute Gasteiger partial charge is 0.321 e. The van der Waals surface area contributed by atoms with Gasteiger partial charge in [0, 0.05) is 7.05 Å². The molecule has 8 heteroatoms. The van der Waals surface area contributed by atoms with Gasteiger partial charge in [-0.25, -0.2) is 13.2 Å². The van der Waals surface area contributed by atoms with Gasteiger partial charge in [0.2, 0.25) is 5.91 Å². The molecule has 0 aliphatic rings. The average molecular weight is 299 g/mol. The number of amides is 3. The molecule has 0 bridgehead atoms. The molecule has 7 nitrogen and oxygen atoms in total. The van der Waals surface area contributed by atoms with Gasteiger partial charge in [0.05, 0.1) is 10.6 Å². The van der Waals surface area contributed by atoms with Crippen LogP contribution in [-0.2, 0) is 14.6 Å². The maximum atomic E-state index is 12.3. The molecule has 110 valence electrons. The highest BCUT2D eigenvalue weighted by molar-refractivity contribution is 7.93. The molecule has 0 aromatic heterocycles. The number of anilines is 1. The molecule has 0 saturated heterocycles. The Morgan fingerprint density at radius 2 is 1.90 bits per heavy atom. The minimum Gasteiger partial charge on any atom is -0.398 e. The predicted molar refractivity (Wildman–Crippen MR) is 74.8 cm³/mol. The number of aryl methyl sites for hydroxylation is 1. The van der Waals surface area contributed by atoms with E-state index in [-0.39, 0.29) is 10.6 Å². The van der Waals surface area contributed by atoms with Crippen LogP contribution < -0.4 is 16.4 Å². The summed E-state index contributed by atoms with van der Waals surface area (Å²) in [5, 5.41) is 2.67. The van der Waals surface area contributed by atoms with Crippen LogP contribution in [0.4, 0.5) is 10.5 Å². The van der Waals surface area contributed by atoms with Gasteiger partial charge in [0.1, 0.15) is 5.25 Å². The second kappa shape index (κ2) is 5.91. The Bertz CT molecular complexity index is 640. The number of sulfone groups is 1. The lowest BCUT2D eigenvalue weighted by Crippen LogP contribution is -2.44. The Labute approximate surface area is 117 Å². The molecule has 1 atom stereocenters. The summed E-state index contributed by atoms with van der Waals surface area (Å²) >= 11 is 0. The first-order valence-corrected chi connectivity index (χ1v) is 7.37. The third-order valence-electron chi connectivity index (χ3n) is 2.77. The first kappa shape index (κ1) is 16.0. The highest BCUT2D eigenvalue weighted by Gasteiger charge is 2.32. The predicted octanol–water partition coefficient (Wildman–Crippen LogP) is 0.195. The van der Waals surface area contributed by atoms with E-state index in [2.05, 4.69) is 5.32 Å². The van der Waals surface area contributed by atoms with Crippen LogP contribution in [0.2, 0.25) is 0 Å². The molecule has 0 heterocycles. The van der Waals surface area contributed by atoms with E-state index < -0.39 is 27.0 Å². The first-order valence-electron chi connectivity index (χ1n) is 5.82. The van der Waals surface area contributed by atoms with Crippen LogP contribution in [0.1, 0.15) is 12.5 Å². The van der Waals surface area contributed by atoms with Gasteiger partial charge in [-0.15, -0.1) is 0 Å². The van der Waals surface area contributed by atoms with Crippen molar-refractivity contribution < 1.29 is 18.0 Å². The van der Waals surface area contributed by atoms with Gasteiger partial charge in [0.15, 0.2) is 9.84 Å². The number of rotatable bonds is 3. The van der Waals surface area contributed by atoms with Crippen molar-refractivity contribution >= 4 is 27.5 Å². The molecule has 1 aromatic rings. The Balaban J connectivity index is 3.10. The second-order valence-electron chi connectivity index (χ2n) is 4.30. The van der Waals surface area contributed by atoms with Crippen LogP contribution in [0.25, 0.3) is 0 Å². The zero-order valence-electron chi connectivity index (χ0n) is 11.4. The van der Waals surface area contributed by atoms with E-state index in [4.69, 9.17) is 5.73 Å². The molecule has 20 heavy (non-hydrogen) atoms. The van der Waals surface area contributed by atoms with E-state index in [1.807, 2.05) is 5.32 Å². The lowest BCUT2D eigenvalue weighted by Gasteiger charge is -2.14. The number of hydrogen-bond acceptors (Lipinski definition) is 5. The van der Waals surface area contributed by atoms with Gasteiger partial charge < -0.3 is 11.1 Å². The fourth-order valence-electron chi connectivity index (χ4n) is 1.53. The monoisotopic (exact) mass is 299 g/mol. The van der Waals surface area contributed by atoms with Gasteiger partial charge in [0.25, 0.3) is 0 Å². The normalized spacial score (nSPS) is 12.6. The van der Waals surface area contributed by atoms with Crippen molar-refractivity contribution in [3.05, 3.63) is 23.8 Å². The molecule has 1 rings (SSSR count). The van der Waals surface area contributed by atoms with Gasteiger partial charge in [-0.1, -0.05) is 6.07 Å². The quantitative estimate of drug-likeness (QED) is 0.689. The molecule has 3 amide bonds. The maximum absolute atomic E-state index is 12.3. The first-order chi connectivity index (χ1) is 9.20.